The van der Waals surface area contributed by atoms with Crippen molar-refractivity contribution in [3.63, 3.8) is 0 Å². The summed E-state index contributed by atoms with van der Waals surface area (Å²) in [7, 11) is -1.99. The van der Waals surface area contributed by atoms with Gasteiger partial charge in [0.05, 0.1) is 16.7 Å². The number of fused-ring (bicyclic) bond motifs is 1. The number of methoxy groups -OCH3 is 1. The van der Waals surface area contributed by atoms with Gasteiger partial charge >= 0.3 is 0 Å². The van der Waals surface area contributed by atoms with Gasteiger partial charge in [0.15, 0.2) is 0 Å². The summed E-state index contributed by atoms with van der Waals surface area (Å²) >= 11 is 5.93. The molecule has 1 atom stereocenters. The minimum atomic E-state index is -3.64. The highest BCUT2D eigenvalue weighted by molar-refractivity contribution is 7.92. The van der Waals surface area contributed by atoms with Gasteiger partial charge in [-0.1, -0.05) is 35.9 Å². The number of rotatable bonds is 3. The van der Waals surface area contributed by atoms with Gasteiger partial charge in [-0.05, 0) is 30.7 Å². The van der Waals surface area contributed by atoms with Crippen LogP contribution in [0.1, 0.15) is 18.1 Å². The van der Waals surface area contributed by atoms with Gasteiger partial charge in [-0.25, -0.2) is 8.42 Å². The predicted octanol–water partition coefficient (Wildman–Crippen LogP) is 3.63. The zero-order valence-electron chi connectivity index (χ0n) is 12.1. The van der Waals surface area contributed by atoms with E-state index in [0.29, 0.717) is 23.7 Å². The first-order valence-electron chi connectivity index (χ1n) is 6.94. The van der Waals surface area contributed by atoms with Crippen LogP contribution in [0.2, 0.25) is 5.02 Å². The molecule has 0 aromatic heterocycles. The van der Waals surface area contributed by atoms with Crippen molar-refractivity contribution in [3.8, 4) is 0 Å². The van der Waals surface area contributed by atoms with Crippen molar-refractivity contribution in [3.05, 3.63) is 59.1 Å². The van der Waals surface area contributed by atoms with Gasteiger partial charge < -0.3 is 4.74 Å². The average molecular weight is 338 g/mol. The highest BCUT2D eigenvalue weighted by Gasteiger charge is 2.32. The lowest BCUT2D eigenvalue weighted by molar-refractivity contribution is 0.0951. The summed E-state index contributed by atoms with van der Waals surface area (Å²) in [6.07, 6.45) is 0.537. The Morgan fingerprint density at radius 2 is 1.95 bits per heavy atom. The number of ether oxygens (including phenoxy) is 1. The fourth-order valence-electron chi connectivity index (χ4n) is 2.75. The molecule has 3 rings (SSSR count). The molecule has 6 heteroatoms. The maximum atomic E-state index is 12.9. The van der Waals surface area contributed by atoms with Crippen molar-refractivity contribution in [2.75, 3.05) is 18.0 Å². The maximum absolute atomic E-state index is 12.9. The third-order valence-corrected chi connectivity index (χ3v) is 5.86. The topological polar surface area (TPSA) is 46.6 Å². The summed E-state index contributed by atoms with van der Waals surface area (Å²) < 4.78 is 32.7. The summed E-state index contributed by atoms with van der Waals surface area (Å²) in [5.74, 6) is 0. The lowest BCUT2D eigenvalue weighted by atomic mass is 10.0. The molecule has 2 aromatic rings. The number of halogens is 1. The summed E-state index contributed by atoms with van der Waals surface area (Å²) in [6.45, 7) is 0.379. The van der Waals surface area contributed by atoms with Crippen molar-refractivity contribution in [2.24, 2.45) is 0 Å². The zero-order valence-corrected chi connectivity index (χ0v) is 13.6. The molecule has 0 N–H and O–H groups in total. The fraction of sp³-hybridized carbons (Fsp3) is 0.250. The SMILES string of the molecule is COC1CCN(S(=O)(=O)c2cccc(Cl)c2)c2ccccc21. The average Bonchev–Trinajstić information content (AvgIpc) is 2.53. The molecule has 0 amide bonds. The molecule has 1 aliphatic rings. The van der Waals surface area contributed by atoms with Gasteiger partial charge in [-0.3, -0.25) is 4.31 Å². The largest absolute Gasteiger partial charge is 0.377 e. The first-order valence-corrected chi connectivity index (χ1v) is 8.76. The summed E-state index contributed by atoms with van der Waals surface area (Å²) in [4.78, 5) is 0.200. The van der Waals surface area contributed by atoms with E-state index in [1.54, 1.807) is 25.3 Å². The first kappa shape index (κ1) is 15.3. The standard InChI is InChI=1S/C16H16ClNO3S/c1-21-16-9-10-18(15-8-3-2-7-14(15)16)22(19,20)13-6-4-5-12(17)11-13/h2-8,11,16H,9-10H2,1H3. The van der Waals surface area contributed by atoms with Crippen LogP contribution >= 0.6 is 11.6 Å². The van der Waals surface area contributed by atoms with E-state index in [4.69, 9.17) is 16.3 Å². The number of anilines is 1. The molecule has 0 radical (unpaired) electrons. The van der Waals surface area contributed by atoms with Crippen LogP contribution in [0.4, 0.5) is 5.69 Å². The van der Waals surface area contributed by atoms with Crippen LogP contribution in [-0.2, 0) is 14.8 Å². The van der Waals surface area contributed by atoms with Gasteiger partial charge in [0.25, 0.3) is 10.0 Å². The fourth-order valence-corrected chi connectivity index (χ4v) is 4.55. The van der Waals surface area contributed by atoms with Crippen molar-refractivity contribution in [2.45, 2.75) is 17.4 Å². The summed E-state index contributed by atoms with van der Waals surface area (Å²) in [6, 6.07) is 13.8. The maximum Gasteiger partial charge on any atom is 0.264 e. The van der Waals surface area contributed by atoms with E-state index in [9.17, 15) is 8.42 Å². The molecule has 0 fully saturated rings. The Morgan fingerprint density at radius 1 is 1.18 bits per heavy atom. The Hall–Kier alpha value is -1.56. The van der Waals surface area contributed by atoms with Gasteiger partial charge in [0, 0.05) is 24.2 Å². The van der Waals surface area contributed by atoms with Crippen LogP contribution < -0.4 is 4.31 Å². The smallest absolute Gasteiger partial charge is 0.264 e. The predicted molar refractivity (Wildman–Crippen MR) is 86.8 cm³/mol. The second kappa shape index (κ2) is 5.91. The van der Waals surface area contributed by atoms with E-state index >= 15 is 0 Å². The van der Waals surface area contributed by atoms with Crippen molar-refractivity contribution < 1.29 is 13.2 Å². The number of para-hydroxylation sites is 1. The molecule has 1 aliphatic heterocycles. The molecule has 1 unspecified atom stereocenters. The molecule has 22 heavy (non-hydrogen) atoms. The van der Waals surface area contributed by atoms with E-state index in [0.717, 1.165) is 5.56 Å². The Bertz CT molecular complexity index is 791. The van der Waals surface area contributed by atoms with E-state index in [-0.39, 0.29) is 11.0 Å². The number of nitrogens with zero attached hydrogens (tertiary/aromatic N) is 1. The molecule has 0 spiro atoms. The second-order valence-electron chi connectivity index (χ2n) is 5.11. The molecule has 2 aromatic carbocycles. The third kappa shape index (κ3) is 2.60. The van der Waals surface area contributed by atoms with E-state index in [1.807, 2.05) is 24.3 Å². The number of hydrogen-bond acceptors (Lipinski definition) is 3. The van der Waals surface area contributed by atoms with E-state index < -0.39 is 10.0 Å². The van der Waals surface area contributed by atoms with Gasteiger partial charge in [-0.2, -0.15) is 0 Å². The summed E-state index contributed by atoms with van der Waals surface area (Å²) in [5.41, 5.74) is 1.56. The minimum absolute atomic E-state index is 0.0815. The van der Waals surface area contributed by atoms with Crippen molar-refractivity contribution >= 4 is 27.3 Å². The van der Waals surface area contributed by atoms with Crippen LogP contribution in [0, 0.1) is 0 Å². The Labute approximate surface area is 135 Å². The van der Waals surface area contributed by atoms with Crippen LogP contribution in [-0.4, -0.2) is 22.1 Å². The van der Waals surface area contributed by atoms with Crippen LogP contribution in [0.5, 0.6) is 0 Å². The molecule has 0 saturated carbocycles. The van der Waals surface area contributed by atoms with Gasteiger partial charge in [0.1, 0.15) is 0 Å². The Morgan fingerprint density at radius 3 is 2.68 bits per heavy atom. The molecular formula is C16H16ClNO3S. The normalized spacial score (nSPS) is 18.1. The number of sulfonamides is 1. The molecule has 0 aliphatic carbocycles. The van der Waals surface area contributed by atoms with E-state index in [2.05, 4.69) is 0 Å². The minimum Gasteiger partial charge on any atom is -0.377 e. The lowest BCUT2D eigenvalue weighted by Crippen LogP contribution is -2.37. The van der Waals surface area contributed by atoms with Gasteiger partial charge in [0.2, 0.25) is 0 Å². The van der Waals surface area contributed by atoms with E-state index in [1.165, 1.54) is 10.4 Å². The van der Waals surface area contributed by atoms with Crippen LogP contribution in [0.25, 0.3) is 0 Å². The highest BCUT2D eigenvalue weighted by Crippen LogP contribution is 2.38. The van der Waals surface area contributed by atoms with Crippen LogP contribution in [0.3, 0.4) is 0 Å². The summed E-state index contributed by atoms with van der Waals surface area (Å²) in [5, 5.41) is 0.404. The Balaban J connectivity index is 2.09. The molecule has 4 nitrogen and oxygen atoms in total. The lowest BCUT2D eigenvalue weighted by Gasteiger charge is -2.34. The van der Waals surface area contributed by atoms with Crippen LogP contribution in [0.15, 0.2) is 53.4 Å². The quantitative estimate of drug-likeness (QED) is 0.859. The van der Waals surface area contributed by atoms with Crippen molar-refractivity contribution in [1.29, 1.82) is 0 Å². The number of benzene rings is 2. The highest BCUT2D eigenvalue weighted by atomic mass is 35.5. The number of hydrogen-bond donors (Lipinski definition) is 0. The molecule has 116 valence electrons. The second-order valence-corrected chi connectivity index (χ2v) is 7.41. The van der Waals surface area contributed by atoms with Crippen molar-refractivity contribution in [1.82, 2.24) is 0 Å². The monoisotopic (exact) mass is 337 g/mol. The molecule has 0 bridgehead atoms. The molecule has 0 saturated heterocycles. The molecular weight excluding hydrogens is 322 g/mol. The molecule has 1 heterocycles. The Kier molecular flexibility index (Phi) is 4.12. The van der Waals surface area contributed by atoms with Gasteiger partial charge in [-0.15, -0.1) is 0 Å². The zero-order chi connectivity index (χ0) is 15.7. The third-order valence-electron chi connectivity index (χ3n) is 3.82. The first-order chi connectivity index (χ1) is 10.5.